The first-order valence-electron chi connectivity index (χ1n) is 5.60. The van der Waals surface area contributed by atoms with Crippen LogP contribution in [0, 0.1) is 19.9 Å². The second kappa shape index (κ2) is 4.23. The van der Waals surface area contributed by atoms with Crippen LogP contribution < -0.4 is 4.90 Å². The Morgan fingerprint density at radius 3 is 2.40 bits per heavy atom. The molecular formula is C13H19N2. The van der Waals surface area contributed by atoms with Crippen LogP contribution in [0.4, 0.5) is 5.69 Å². The Balaban J connectivity index is 2.22. The monoisotopic (exact) mass is 203 g/mol. The van der Waals surface area contributed by atoms with Gasteiger partial charge in [-0.2, -0.15) is 0 Å². The van der Waals surface area contributed by atoms with Gasteiger partial charge in [0, 0.05) is 31.9 Å². The molecule has 1 aliphatic heterocycles. The fourth-order valence-corrected chi connectivity index (χ4v) is 2.25. The van der Waals surface area contributed by atoms with Crippen LogP contribution in [-0.2, 0) is 0 Å². The van der Waals surface area contributed by atoms with E-state index in [4.69, 9.17) is 0 Å². The average molecular weight is 203 g/mol. The summed E-state index contributed by atoms with van der Waals surface area (Å²) in [6, 6.07) is 7.47. The third-order valence-electron chi connectivity index (χ3n) is 3.18. The van der Waals surface area contributed by atoms with Gasteiger partial charge < -0.3 is 9.80 Å². The average Bonchev–Trinajstić information content (AvgIpc) is 2.20. The standard InChI is InChI=1S/C13H19N2/c1-11-5-4-6-12(2)13(11)15-9-7-14(3)8-10-15/h4-5H,7-10H2,1-3H3. The third kappa shape index (κ3) is 2.15. The van der Waals surface area contributed by atoms with Gasteiger partial charge in [0.05, 0.1) is 0 Å². The van der Waals surface area contributed by atoms with Crippen LogP contribution in [0.15, 0.2) is 12.1 Å². The predicted molar refractivity (Wildman–Crippen MR) is 64.5 cm³/mol. The van der Waals surface area contributed by atoms with Crippen molar-refractivity contribution in [2.24, 2.45) is 0 Å². The van der Waals surface area contributed by atoms with Gasteiger partial charge in [-0.25, -0.2) is 0 Å². The van der Waals surface area contributed by atoms with E-state index in [2.05, 4.69) is 42.8 Å². The summed E-state index contributed by atoms with van der Waals surface area (Å²) in [6.07, 6.45) is 0. The number of rotatable bonds is 1. The highest BCUT2D eigenvalue weighted by molar-refractivity contribution is 5.58. The van der Waals surface area contributed by atoms with Gasteiger partial charge in [0.25, 0.3) is 0 Å². The molecule has 0 saturated carbocycles. The molecule has 2 heteroatoms. The van der Waals surface area contributed by atoms with Crippen LogP contribution in [0.3, 0.4) is 0 Å². The minimum Gasteiger partial charge on any atom is -0.369 e. The summed E-state index contributed by atoms with van der Waals surface area (Å²) in [5, 5.41) is 0. The zero-order valence-corrected chi connectivity index (χ0v) is 9.88. The first-order valence-corrected chi connectivity index (χ1v) is 5.60. The van der Waals surface area contributed by atoms with E-state index in [1.54, 1.807) is 0 Å². The van der Waals surface area contributed by atoms with E-state index in [1.807, 2.05) is 6.07 Å². The molecule has 1 heterocycles. The molecule has 0 unspecified atom stereocenters. The second-order valence-corrected chi connectivity index (χ2v) is 4.42. The maximum absolute atomic E-state index is 3.29. The summed E-state index contributed by atoms with van der Waals surface area (Å²) in [7, 11) is 2.19. The second-order valence-electron chi connectivity index (χ2n) is 4.42. The zero-order valence-electron chi connectivity index (χ0n) is 9.88. The van der Waals surface area contributed by atoms with Gasteiger partial charge in [-0.3, -0.25) is 0 Å². The Bertz CT molecular complexity index is 318. The fraction of sp³-hybridized carbons (Fsp3) is 0.538. The third-order valence-corrected chi connectivity index (χ3v) is 3.18. The Hall–Kier alpha value is -1.02. The Morgan fingerprint density at radius 2 is 1.80 bits per heavy atom. The number of anilines is 1. The van der Waals surface area contributed by atoms with Crippen molar-refractivity contribution in [3.63, 3.8) is 0 Å². The first-order chi connectivity index (χ1) is 7.18. The first kappa shape index (κ1) is 10.5. The molecule has 1 aliphatic rings. The number of piperazine rings is 1. The number of likely N-dealkylation sites (N-methyl/N-ethyl adjacent to an activating group) is 1. The molecule has 1 fully saturated rings. The smallest absolute Gasteiger partial charge is 0.0432 e. The van der Waals surface area contributed by atoms with Gasteiger partial charge in [0.2, 0.25) is 0 Å². The van der Waals surface area contributed by atoms with Crippen LogP contribution in [0.5, 0.6) is 0 Å². The van der Waals surface area contributed by atoms with Crippen LogP contribution in [0.2, 0.25) is 0 Å². The van der Waals surface area contributed by atoms with Gasteiger partial charge >= 0.3 is 0 Å². The minimum absolute atomic E-state index is 1.13. The number of hydrogen-bond donors (Lipinski definition) is 0. The van der Waals surface area contributed by atoms with Crippen molar-refractivity contribution in [1.82, 2.24) is 4.90 Å². The summed E-state index contributed by atoms with van der Waals surface area (Å²) in [5.74, 6) is 0. The van der Waals surface area contributed by atoms with Crippen molar-refractivity contribution in [3.8, 4) is 0 Å². The van der Waals surface area contributed by atoms with E-state index < -0.39 is 0 Å². The van der Waals surface area contributed by atoms with Crippen LogP contribution in [0.25, 0.3) is 0 Å². The summed E-state index contributed by atoms with van der Waals surface area (Å²) in [6.45, 7) is 8.93. The van der Waals surface area contributed by atoms with Crippen LogP contribution in [0.1, 0.15) is 11.1 Å². The fourth-order valence-electron chi connectivity index (χ4n) is 2.25. The molecule has 15 heavy (non-hydrogen) atoms. The molecule has 81 valence electrons. The molecule has 1 aromatic carbocycles. The lowest BCUT2D eigenvalue weighted by Crippen LogP contribution is -2.45. The molecule has 0 atom stereocenters. The normalized spacial score (nSPS) is 18.2. The Morgan fingerprint density at radius 1 is 1.13 bits per heavy atom. The van der Waals surface area contributed by atoms with E-state index in [-0.39, 0.29) is 0 Å². The SMILES string of the molecule is Cc1[c]ccc(C)c1N1CCN(C)CC1. The quantitative estimate of drug-likeness (QED) is 0.687. The highest BCUT2D eigenvalue weighted by atomic mass is 15.2. The Kier molecular flexibility index (Phi) is 2.96. The molecule has 0 spiro atoms. The highest BCUT2D eigenvalue weighted by Gasteiger charge is 2.16. The van der Waals surface area contributed by atoms with Crippen LogP contribution in [-0.4, -0.2) is 38.1 Å². The largest absolute Gasteiger partial charge is 0.369 e. The van der Waals surface area contributed by atoms with Crippen molar-refractivity contribution < 1.29 is 0 Å². The lowest BCUT2D eigenvalue weighted by atomic mass is 10.1. The lowest BCUT2D eigenvalue weighted by Gasteiger charge is -2.35. The van der Waals surface area contributed by atoms with Gasteiger partial charge in [-0.15, -0.1) is 0 Å². The molecule has 2 rings (SSSR count). The molecule has 1 aromatic rings. The number of benzene rings is 1. The molecule has 0 amide bonds. The van der Waals surface area contributed by atoms with Crippen molar-refractivity contribution >= 4 is 5.69 Å². The summed E-state index contributed by atoms with van der Waals surface area (Å²) in [4.78, 5) is 4.87. The molecule has 2 nitrogen and oxygen atoms in total. The van der Waals surface area contributed by atoms with E-state index in [1.165, 1.54) is 16.8 Å². The van der Waals surface area contributed by atoms with Crippen molar-refractivity contribution in [1.29, 1.82) is 0 Å². The maximum Gasteiger partial charge on any atom is 0.0432 e. The molecule has 1 radical (unpaired) electrons. The lowest BCUT2D eigenvalue weighted by molar-refractivity contribution is 0.312. The molecule has 1 saturated heterocycles. The molecule has 0 aliphatic carbocycles. The molecule has 0 bridgehead atoms. The highest BCUT2D eigenvalue weighted by Crippen LogP contribution is 2.24. The van der Waals surface area contributed by atoms with Crippen molar-refractivity contribution in [3.05, 3.63) is 29.3 Å². The van der Waals surface area contributed by atoms with Gasteiger partial charge in [0.15, 0.2) is 0 Å². The van der Waals surface area contributed by atoms with Gasteiger partial charge in [-0.1, -0.05) is 12.1 Å². The van der Waals surface area contributed by atoms with Gasteiger partial charge in [-0.05, 0) is 38.1 Å². The van der Waals surface area contributed by atoms with Crippen molar-refractivity contribution in [2.45, 2.75) is 13.8 Å². The van der Waals surface area contributed by atoms with Gasteiger partial charge in [0.1, 0.15) is 0 Å². The topological polar surface area (TPSA) is 6.48 Å². The zero-order chi connectivity index (χ0) is 10.8. The maximum atomic E-state index is 3.29. The van der Waals surface area contributed by atoms with E-state index >= 15 is 0 Å². The van der Waals surface area contributed by atoms with E-state index in [0.717, 1.165) is 26.2 Å². The number of hydrogen-bond acceptors (Lipinski definition) is 2. The summed E-state index contributed by atoms with van der Waals surface area (Å²) >= 11 is 0. The number of nitrogens with zero attached hydrogens (tertiary/aromatic N) is 2. The number of aryl methyl sites for hydroxylation is 2. The summed E-state index contributed by atoms with van der Waals surface area (Å²) in [5.41, 5.74) is 4.04. The molecule has 0 aromatic heterocycles. The minimum atomic E-state index is 1.13. The molecule has 0 N–H and O–H groups in total. The Labute approximate surface area is 92.5 Å². The van der Waals surface area contributed by atoms with Crippen molar-refractivity contribution in [2.75, 3.05) is 38.1 Å². The summed E-state index contributed by atoms with van der Waals surface area (Å²) < 4.78 is 0. The molecular weight excluding hydrogens is 184 g/mol. The van der Waals surface area contributed by atoms with Crippen LogP contribution >= 0.6 is 0 Å². The van der Waals surface area contributed by atoms with E-state index in [9.17, 15) is 0 Å². The van der Waals surface area contributed by atoms with E-state index in [0.29, 0.717) is 0 Å². The predicted octanol–water partition coefficient (Wildman–Crippen LogP) is 1.86.